The third-order valence-corrected chi connectivity index (χ3v) is 5.34. The van der Waals surface area contributed by atoms with E-state index in [0.717, 1.165) is 39.8 Å². The van der Waals surface area contributed by atoms with Crippen LogP contribution in [-0.4, -0.2) is 10.2 Å². The second-order valence-electron chi connectivity index (χ2n) is 10.0. The molecule has 2 rings (SSSR count). The molecule has 0 amide bonds. The number of rotatable bonds is 3. The van der Waals surface area contributed by atoms with Crippen LogP contribution in [0.25, 0.3) is 0 Å². The molecule has 0 saturated carbocycles. The summed E-state index contributed by atoms with van der Waals surface area (Å²) in [6, 6.07) is 8.28. The molecule has 0 aliphatic rings. The molecule has 2 N–H and O–H groups in total. The van der Waals surface area contributed by atoms with Crippen molar-refractivity contribution in [2.24, 2.45) is 0 Å². The van der Waals surface area contributed by atoms with E-state index in [0.29, 0.717) is 11.5 Å². The molecule has 0 bridgehead atoms. The van der Waals surface area contributed by atoms with Gasteiger partial charge in [0.05, 0.1) is 0 Å². The first-order valence-corrected chi connectivity index (χ1v) is 16.7. The van der Waals surface area contributed by atoms with Crippen LogP contribution in [0, 0.1) is 13.8 Å². The Kier molecular flexibility index (Phi) is 9.99. The van der Waals surface area contributed by atoms with Gasteiger partial charge in [-0.1, -0.05) is 83.9 Å². The Balaban J connectivity index is 0.00000141. The quantitative estimate of drug-likeness (QED) is 0.420. The van der Waals surface area contributed by atoms with Crippen LogP contribution in [0.1, 0.15) is 94.2 Å². The van der Waals surface area contributed by atoms with Crippen LogP contribution in [0.3, 0.4) is 0 Å². The van der Waals surface area contributed by atoms with E-state index in [1.165, 1.54) is 0 Å². The van der Waals surface area contributed by atoms with Gasteiger partial charge in [-0.3, -0.25) is 0 Å². The van der Waals surface area contributed by atoms with Crippen molar-refractivity contribution in [3.05, 3.63) is 57.6 Å². The first-order chi connectivity index (χ1) is 13.7. The summed E-state index contributed by atoms with van der Waals surface area (Å²) < 4.78 is 0. The predicted molar refractivity (Wildman–Crippen MR) is 127 cm³/mol. The standard InChI is InChI=1S/C25H36O2.2ClH.Zr/c1-10-17(18-11-15(2)13-20(22(18)26)24(4,5)6)19-12-16(3)14-21(23(19)27)25(7,8)9;;;/h11-14,17,26-27H,10H2,1-9H3;2*1H;/q;;;+2/p-2. The number of halogens is 2. The van der Waals surface area contributed by atoms with Gasteiger partial charge in [-0.2, -0.15) is 0 Å². The first-order valence-electron chi connectivity index (χ1n) is 10.3. The summed E-state index contributed by atoms with van der Waals surface area (Å²) in [6.07, 6.45) is 0.807. The van der Waals surface area contributed by atoms with Gasteiger partial charge < -0.3 is 10.2 Å². The Morgan fingerprint density at radius 1 is 0.767 bits per heavy atom. The fraction of sp³-hybridized carbons (Fsp3) is 0.520. The Morgan fingerprint density at radius 3 is 1.30 bits per heavy atom. The molecule has 0 saturated heterocycles. The summed E-state index contributed by atoms with van der Waals surface area (Å²) in [6.45, 7) is 19.0. The summed E-state index contributed by atoms with van der Waals surface area (Å²) in [5, 5.41) is 22.2. The van der Waals surface area contributed by atoms with E-state index >= 15 is 0 Å². The Labute approximate surface area is 201 Å². The van der Waals surface area contributed by atoms with Gasteiger partial charge >= 0.3 is 37.9 Å². The molecule has 0 radical (unpaired) electrons. The van der Waals surface area contributed by atoms with Gasteiger partial charge in [-0.25, -0.2) is 0 Å². The van der Waals surface area contributed by atoms with Gasteiger partial charge in [-0.05, 0) is 42.2 Å². The van der Waals surface area contributed by atoms with Crippen molar-refractivity contribution in [3.8, 4) is 11.5 Å². The number of hydrogen-bond acceptors (Lipinski definition) is 2. The molecule has 0 aliphatic carbocycles. The molecule has 2 nitrogen and oxygen atoms in total. The summed E-state index contributed by atoms with van der Waals surface area (Å²) in [5.74, 6) is 0.670. The molecule has 2 aromatic rings. The average molecular weight is 531 g/mol. The molecule has 0 aliphatic heterocycles. The van der Waals surface area contributed by atoms with Crippen LogP contribution in [0.15, 0.2) is 24.3 Å². The molecule has 0 fully saturated rings. The van der Waals surface area contributed by atoms with Crippen molar-refractivity contribution >= 4 is 17.0 Å². The minimum absolute atomic E-state index is 0.0491. The zero-order valence-electron chi connectivity index (χ0n) is 19.7. The Hall–Kier alpha value is -0.497. The van der Waals surface area contributed by atoms with Crippen molar-refractivity contribution in [3.63, 3.8) is 0 Å². The maximum atomic E-state index is 11.1. The van der Waals surface area contributed by atoms with E-state index in [1.807, 2.05) is 0 Å². The maximum absolute atomic E-state index is 11.1. The average Bonchev–Trinajstić information content (AvgIpc) is 2.59. The van der Waals surface area contributed by atoms with Crippen LogP contribution in [-0.2, 0) is 31.7 Å². The Morgan fingerprint density at radius 2 is 1.07 bits per heavy atom. The van der Waals surface area contributed by atoms with E-state index in [4.69, 9.17) is 17.0 Å². The van der Waals surface area contributed by atoms with Gasteiger partial charge in [0.25, 0.3) is 0 Å². The summed E-state index contributed by atoms with van der Waals surface area (Å²) in [4.78, 5) is 0. The monoisotopic (exact) mass is 528 g/mol. The second-order valence-corrected chi connectivity index (χ2v) is 13.8. The van der Waals surface area contributed by atoms with Gasteiger partial charge in [0.1, 0.15) is 11.5 Å². The number of aryl methyl sites for hydroxylation is 2. The summed E-state index contributed by atoms with van der Waals surface area (Å²) >= 11 is -0.826. The van der Waals surface area contributed by atoms with Crippen molar-refractivity contribution in [1.82, 2.24) is 0 Å². The second kappa shape index (κ2) is 10.9. The van der Waals surface area contributed by atoms with E-state index in [-0.39, 0.29) is 16.7 Å². The summed E-state index contributed by atoms with van der Waals surface area (Å²) in [7, 11) is 9.87. The van der Waals surface area contributed by atoms with Gasteiger partial charge in [0.2, 0.25) is 0 Å². The third kappa shape index (κ3) is 6.75. The molecule has 0 atom stereocenters. The van der Waals surface area contributed by atoms with Crippen LogP contribution in [0.5, 0.6) is 11.5 Å². The van der Waals surface area contributed by atoms with Crippen LogP contribution >= 0.6 is 17.0 Å². The topological polar surface area (TPSA) is 40.5 Å². The van der Waals surface area contributed by atoms with E-state index < -0.39 is 20.8 Å². The molecule has 2 aromatic carbocycles. The molecule has 0 spiro atoms. The molecule has 5 heteroatoms. The van der Waals surface area contributed by atoms with Crippen molar-refractivity contribution < 1.29 is 31.1 Å². The number of phenolic OH excluding ortho intramolecular Hbond substituents is 2. The normalized spacial score (nSPS) is 11.9. The zero-order valence-corrected chi connectivity index (χ0v) is 23.7. The fourth-order valence-corrected chi connectivity index (χ4v) is 3.90. The minimum atomic E-state index is -0.826. The molecule has 0 unspecified atom stereocenters. The van der Waals surface area contributed by atoms with Crippen molar-refractivity contribution in [1.29, 1.82) is 0 Å². The molecule has 0 aromatic heterocycles. The predicted octanol–water partition coefficient (Wildman–Crippen LogP) is 8.23. The molecular formula is C25H36Cl2O2Zr. The zero-order chi connectivity index (χ0) is 23.4. The fourth-order valence-electron chi connectivity index (χ4n) is 3.90. The number of hydrogen-bond donors (Lipinski definition) is 2. The van der Waals surface area contributed by atoms with Crippen molar-refractivity contribution in [2.45, 2.75) is 85.5 Å². The molecule has 0 heterocycles. The van der Waals surface area contributed by atoms with Gasteiger partial charge in [0, 0.05) is 17.0 Å². The molecular weight excluding hydrogens is 494 g/mol. The molecule has 30 heavy (non-hydrogen) atoms. The number of benzene rings is 2. The summed E-state index contributed by atoms with van der Waals surface area (Å²) in [5.41, 5.74) is 5.70. The van der Waals surface area contributed by atoms with E-state index in [2.05, 4.69) is 86.6 Å². The molecule has 166 valence electrons. The van der Waals surface area contributed by atoms with E-state index in [9.17, 15) is 10.2 Å². The number of phenols is 2. The Bertz CT molecular complexity index is 795. The van der Waals surface area contributed by atoms with Gasteiger partial charge in [0.15, 0.2) is 0 Å². The van der Waals surface area contributed by atoms with Crippen LogP contribution in [0.4, 0.5) is 0 Å². The SMILES string of the molecule is CCC(c1cc(C)cc(C(C)(C)C)c1O)c1cc(C)cc(C(C)(C)C)c1O.[Cl][Zr][Cl]. The van der Waals surface area contributed by atoms with Crippen molar-refractivity contribution in [2.75, 3.05) is 0 Å². The number of aromatic hydroxyl groups is 2. The third-order valence-electron chi connectivity index (χ3n) is 5.34. The van der Waals surface area contributed by atoms with E-state index in [1.54, 1.807) is 0 Å². The van der Waals surface area contributed by atoms with Crippen LogP contribution in [0.2, 0.25) is 0 Å². The first kappa shape index (κ1) is 27.5. The van der Waals surface area contributed by atoms with Gasteiger partial charge in [-0.15, -0.1) is 0 Å². The van der Waals surface area contributed by atoms with Crippen LogP contribution < -0.4 is 0 Å².